The average Bonchev–Trinajstić information content (AvgIpc) is 3.60. The molecule has 2 heterocycles. The fourth-order valence-electron chi connectivity index (χ4n) is 4.59. The van der Waals surface area contributed by atoms with Crippen molar-refractivity contribution in [1.82, 2.24) is 15.2 Å². The number of nitrogens with one attached hydrogen (secondary N) is 2. The number of anilines is 1. The van der Waals surface area contributed by atoms with E-state index in [4.69, 9.17) is 4.74 Å². The Labute approximate surface area is 223 Å². The van der Waals surface area contributed by atoms with E-state index in [-0.39, 0.29) is 11.8 Å². The van der Waals surface area contributed by atoms with Crippen LogP contribution in [0.2, 0.25) is 0 Å². The highest BCUT2D eigenvalue weighted by Gasteiger charge is 2.21. The second-order valence-corrected chi connectivity index (χ2v) is 10.3. The van der Waals surface area contributed by atoms with Gasteiger partial charge in [0.1, 0.15) is 5.75 Å². The highest BCUT2D eigenvalue weighted by atomic mass is 32.1. The van der Waals surface area contributed by atoms with Crippen molar-refractivity contribution < 1.29 is 14.3 Å². The lowest BCUT2D eigenvalue weighted by Gasteiger charge is -2.13. The van der Waals surface area contributed by atoms with E-state index in [1.54, 1.807) is 31.4 Å². The van der Waals surface area contributed by atoms with E-state index >= 15 is 0 Å². The summed E-state index contributed by atoms with van der Waals surface area (Å²) >= 11 is 1.37. The van der Waals surface area contributed by atoms with E-state index in [1.807, 2.05) is 11.4 Å². The van der Waals surface area contributed by atoms with Gasteiger partial charge < -0.3 is 15.0 Å². The number of nitrogens with zero attached hydrogens (tertiary/aromatic N) is 2. The zero-order chi connectivity index (χ0) is 26.2. The van der Waals surface area contributed by atoms with Crippen molar-refractivity contribution in [2.24, 2.45) is 5.92 Å². The van der Waals surface area contributed by atoms with Crippen molar-refractivity contribution >= 4 is 28.3 Å². The van der Waals surface area contributed by atoms with Crippen LogP contribution >= 0.6 is 11.3 Å². The maximum atomic E-state index is 12.8. The molecule has 1 atom stereocenters. The van der Waals surface area contributed by atoms with Gasteiger partial charge in [0.2, 0.25) is 0 Å². The van der Waals surface area contributed by atoms with Crippen LogP contribution in [0, 0.1) is 5.92 Å². The van der Waals surface area contributed by atoms with Gasteiger partial charge in [-0.2, -0.15) is 0 Å². The van der Waals surface area contributed by atoms with Gasteiger partial charge in [0, 0.05) is 35.2 Å². The molecule has 2 aromatic carbocycles. The molecule has 1 saturated heterocycles. The number of hydrogen-bond donors (Lipinski definition) is 2. The smallest absolute Gasteiger partial charge is 0.257 e. The molecule has 0 bridgehead atoms. The van der Waals surface area contributed by atoms with Crippen LogP contribution in [0.4, 0.5) is 5.13 Å². The first-order valence-corrected chi connectivity index (χ1v) is 13.9. The van der Waals surface area contributed by atoms with Crippen molar-refractivity contribution in [2.45, 2.75) is 39.5 Å². The van der Waals surface area contributed by atoms with Crippen molar-refractivity contribution in [2.75, 3.05) is 38.6 Å². The van der Waals surface area contributed by atoms with Crippen LogP contribution in [-0.2, 0) is 6.42 Å². The van der Waals surface area contributed by atoms with Gasteiger partial charge in [0.05, 0.1) is 12.8 Å². The maximum Gasteiger partial charge on any atom is 0.257 e. The minimum absolute atomic E-state index is 0.110. The molecule has 1 aromatic heterocycles. The number of likely N-dealkylation sites (tertiary alicyclic amines) is 1. The molecule has 0 unspecified atom stereocenters. The first kappa shape index (κ1) is 26.8. The van der Waals surface area contributed by atoms with Gasteiger partial charge in [-0.1, -0.05) is 26.3 Å². The standard InChI is InChI=1S/C29H36N4O3S/c1-4-6-7-20-8-13-26(36-3)24(16-20)25-19-37-29(31-25)32-28(35)23-11-9-22(10-12-23)27(34)30-17-21-14-15-33(5-2)18-21/h8-13,16,19,21H,4-7,14-15,17-18H2,1-3H3,(H,30,34)(H,31,32,35)/t21-/m0/s1. The molecule has 196 valence electrons. The number of hydrogen-bond acceptors (Lipinski definition) is 6. The van der Waals surface area contributed by atoms with Crippen molar-refractivity contribution in [1.29, 1.82) is 0 Å². The third-order valence-corrected chi connectivity index (χ3v) is 7.62. The van der Waals surface area contributed by atoms with E-state index in [1.165, 1.54) is 16.9 Å². The molecule has 37 heavy (non-hydrogen) atoms. The van der Waals surface area contributed by atoms with Gasteiger partial charge in [0.25, 0.3) is 11.8 Å². The topological polar surface area (TPSA) is 83.6 Å². The monoisotopic (exact) mass is 520 g/mol. The van der Waals surface area contributed by atoms with Crippen LogP contribution in [0.5, 0.6) is 5.75 Å². The number of amides is 2. The molecule has 1 aliphatic rings. The van der Waals surface area contributed by atoms with Gasteiger partial charge in [0.15, 0.2) is 5.13 Å². The molecule has 7 nitrogen and oxygen atoms in total. The Kier molecular flexibility index (Phi) is 9.30. The SMILES string of the molecule is CCCCc1ccc(OC)c(-c2csc(NC(=O)c3ccc(C(=O)NC[C@@H]4CCN(CC)C4)cc3)n2)c1. The fourth-order valence-corrected chi connectivity index (χ4v) is 5.30. The van der Waals surface area contributed by atoms with Crippen LogP contribution in [0.25, 0.3) is 11.3 Å². The fraction of sp³-hybridized carbons (Fsp3) is 0.414. The lowest BCUT2D eigenvalue weighted by molar-refractivity contribution is 0.0945. The zero-order valence-corrected chi connectivity index (χ0v) is 22.7. The first-order chi connectivity index (χ1) is 18.0. The Morgan fingerprint density at radius 1 is 1.11 bits per heavy atom. The number of carbonyl (C=O) groups excluding carboxylic acids is 2. The van der Waals surface area contributed by atoms with Crippen LogP contribution < -0.4 is 15.4 Å². The summed E-state index contributed by atoms with van der Waals surface area (Å²) in [5, 5.41) is 8.35. The molecule has 2 amide bonds. The van der Waals surface area contributed by atoms with Crippen LogP contribution in [-0.4, -0.2) is 55.0 Å². The van der Waals surface area contributed by atoms with E-state index in [9.17, 15) is 9.59 Å². The van der Waals surface area contributed by atoms with Gasteiger partial charge in [-0.15, -0.1) is 11.3 Å². The highest BCUT2D eigenvalue weighted by molar-refractivity contribution is 7.14. The molecule has 8 heteroatoms. The number of benzene rings is 2. The van der Waals surface area contributed by atoms with Crippen molar-refractivity contribution in [3.05, 3.63) is 64.5 Å². The quantitative estimate of drug-likeness (QED) is 0.350. The Morgan fingerprint density at radius 2 is 1.86 bits per heavy atom. The Balaban J connectivity index is 1.35. The molecule has 0 radical (unpaired) electrons. The Hall–Kier alpha value is -3.23. The van der Waals surface area contributed by atoms with Gasteiger partial charge >= 0.3 is 0 Å². The van der Waals surface area contributed by atoms with Crippen molar-refractivity contribution in [3.8, 4) is 17.0 Å². The van der Waals surface area contributed by atoms with E-state index in [0.717, 1.165) is 62.3 Å². The van der Waals surface area contributed by atoms with Gasteiger partial charge in [-0.05, 0) is 80.2 Å². The van der Waals surface area contributed by atoms with E-state index in [0.29, 0.717) is 28.7 Å². The van der Waals surface area contributed by atoms with Crippen molar-refractivity contribution in [3.63, 3.8) is 0 Å². The Morgan fingerprint density at radius 3 is 2.54 bits per heavy atom. The molecule has 0 spiro atoms. The summed E-state index contributed by atoms with van der Waals surface area (Å²) in [6.07, 6.45) is 4.39. The number of aromatic nitrogens is 1. The maximum absolute atomic E-state index is 12.8. The normalized spacial score (nSPS) is 15.5. The predicted molar refractivity (Wildman–Crippen MR) is 150 cm³/mol. The molecule has 4 rings (SSSR count). The minimum atomic E-state index is -0.262. The number of methoxy groups -OCH3 is 1. The summed E-state index contributed by atoms with van der Waals surface area (Å²) in [5.41, 5.74) is 3.96. The third-order valence-electron chi connectivity index (χ3n) is 6.86. The van der Waals surface area contributed by atoms with Gasteiger partial charge in [-0.25, -0.2) is 4.98 Å². The largest absolute Gasteiger partial charge is 0.496 e. The lowest BCUT2D eigenvalue weighted by Crippen LogP contribution is -2.31. The molecule has 3 aromatic rings. The first-order valence-electron chi connectivity index (χ1n) is 13.1. The number of ether oxygens (including phenoxy) is 1. The lowest BCUT2D eigenvalue weighted by atomic mass is 10.0. The number of thiazole rings is 1. The number of aryl methyl sites for hydroxylation is 1. The van der Waals surface area contributed by atoms with Crippen LogP contribution in [0.3, 0.4) is 0 Å². The second-order valence-electron chi connectivity index (χ2n) is 9.47. The van der Waals surface area contributed by atoms with Gasteiger partial charge in [-0.3, -0.25) is 14.9 Å². The average molecular weight is 521 g/mol. The second kappa shape index (κ2) is 12.8. The zero-order valence-electron chi connectivity index (χ0n) is 21.9. The highest BCUT2D eigenvalue weighted by Crippen LogP contribution is 2.33. The van der Waals surface area contributed by atoms with Crippen LogP contribution in [0.1, 0.15) is 59.4 Å². The molecule has 1 fully saturated rings. The number of unbranched alkanes of at least 4 members (excludes halogenated alkanes) is 1. The van der Waals surface area contributed by atoms with E-state index < -0.39 is 0 Å². The molecule has 1 aliphatic heterocycles. The summed E-state index contributed by atoms with van der Waals surface area (Å²) in [5.74, 6) is 0.882. The van der Waals surface area contributed by atoms with Crippen LogP contribution in [0.15, 0.2) is 47.8 Å². The van der Waals surface area contributed by atoms with E-state index in [2.05, 4.69) is 46.5 Å². The summed E-state index contributed by atoms with van der Waals surface area (Å²) in [6, 6.07) is 12.9. The molecular weight excluding hydrogens is 484 g/mol. The minimum Gasteiger partial charge on any atom is -0.496 e. The summed E-state index contributed by atoms with van der Waals surface area (Å²) in [4.78, 5) is 32.4. The Bertz CT molecular complexity index is 1210. The summed E-state index contributed by atoms with van der Waals surface area (Å²) < 4.78 is 5.55. The molecule has 0 saturated carbocycles. The predicted octanol–water partition coefficient (Wildman–Crippen LogP) is 5.49. The number of rotatable bonds is 11. The summed E-state index contributed by atoms with van der Waals surface area (Å²) in [6.45, 7) is 8.20. The molecule has 0 aliphatic carbocycles. The summed E-state index contributed by atoms with van der Waals surface area (Å²) in [7, 11) is 1.65. The molecule has 2 N–H and O–H groups in total. The number of carbonyl (C=O) groups is 2. The molecular formula is C29H36N4O3S. The third kappa shape index (κ3) is 6.96.